The summed E-state index contributed by atoms with van der Waals surface area (Å²) in [6.07, 6.45) is 0. The van der Waals surface area contributed by atoms with Crippen molar-refractivity contribution in [2.24, 2.45) is 0 Å². The van der Waals surface area contributed by atoms with Gasteiger partial charge in [0.15, 0.2) is 0 Å². The molecule has 110 valence electrons. The third-order valence-corrected chi connectivity index (χ3v) is 4.72. The number of fused-ring (bicyclic) bond motifs is 5. The number of nitrogens with zero attached hydrogens (tertiary/aromatic N) is 1. The summed E-state index contributed by atoms with van der Waals surface area (Å²) in [7, 11) is 1.98. The quantitative estimate of drug-likeness (QED) is 0.445. The van der Waals surface area contributed by atoms with Gasteiger partial charge in [0.2, 0.25) is 0 Å². The molecule has 0 saturated heterocycles. The highest BCUT2D eigenvalue weighted by atomic mass is 15.4. The van der Waals surface area contributed by atoms with Crippen molar-refractivity contribution in [3.8, 4) is 0 Å². The molecule has 0 bridgehead atoms. The van der Waals surface area contributed by atoms with E-state index in [0.29, 0.717) is 0 Å². The summed E-state index contributed by atoms with van der Waals surface area (Å²) >= 11 is 0. The molecule has 1 aromatic heterocycles. The van der Waals surface area contributed by atoms with E-state index in [0.717, 1.165) is 0 Å². The van der Waals surface area contributed by atoms with Crippen LogP contribution >= 0.6 is 0 Å². The summed E-state index contributed by atoms with van der Waals surface area (Å²) in [6, 6.07) is 26.2. The average molecular weight is 296 g/mol. The molecule has 1 N–H and O–H groups in total. The van der Waals surface area contributed by atoms with Gasteiger partial charge in [0, 0.05) is 17.8 Å². The Kier molecular flexibility index (Phi) is 2.45. The summed E-state index contributed by atoms with van der Waals surface area (Å²) < 4.78 is 2.18. The van der Waals surface area contributed by atoms with E-state index in [1.807, 2.05) is 7.05 Å². The topological polar surface area (TPSA) is 17.0 Å². The van der Waals surface area contributed by atoms with Crippen molar-refractivity contribution in [2.75, 3.05) is 12.5 Å². The van der Waals surface area contributed by atoms with Crippen LogP contribution in [0.25, 0.3) is 43.4 Å². The zero-order chi connectivity index (χ0) is 15.4. The highest BCUT2D eigenvalue weighted by molar-refractivity contribution is 6.15. The predicted molar refractivity (Wildman–Crippen MR) is 99.7 cm³/mol. The highest BCUT2D eigenvalue weighted by Gasteiger charge is 2.12. The number of benzene rings is 4. The maximum absolute atomic E-state index is 3.34. The number of hydrogen-bond acceptors (Lipinski definition) is 1. The largest absolute Gasteiger partial charge is 0.328 e. The summed E-state index contributed by atoms with van der Waals surface area (Å²) in [5.41, 5.74) is 5.78. The van der Waals surface area contributed by atoms with Crippen molar-refractivity contribution in [1.82, 2.24) is 4.68 Å². The monoisotopic (exact) mass is 296 g/mol. The SMILES string of the molecule is CNn1c2cc3ccccc3cc2c2cc3ccccc3cc21. The Morgan fingerprint density at radius 2 is 1.00 bits per heavy atom. The van der Waals surface area contributed by atoms with Crippen molar-refractivity contribution in [3.63, 3.8) is 0 Å². The standard InChI is InChI=1S/C21H16N2/c1-22-23-20-12-16-8-4-2-6-14(16)10-18(20)19-11-15-7-3-5-9-17(15)13-21(19)23/h2-13,22H,1H3. The molecule has 0 aliphatic carbocycles. The fourth-order valence-electron chi connectivity index (χ4n) is 3.63. The van der Waals surface area contributed by atoms with Crippen molar-refractivity contribution in [3.05, 3.63) is 72.8 Å². The van der Waals surface area contributed by atoms with E-state index in [9.17, 15) is 0 Å². The number of rotatable bonds is 1. The van der Waals surface area contributed by atoms with Crippen LogP contribution in [0.15, 0.2) is 72.8 Å². The molecule has 0 fully saturated rings. The Morgan fingerprint density at radius 3 is 1.39 bits per heavy atom. The molecule has 1 heterocycles. The minimum Gasteiger partial charge on any atom is -0.328 e. The summed E-state index contributed by atoms with van der Waals surface area (Å²) in [5.74, 6) is 0. The first kappa shape index (κ1) is 12.5. The molecule has 0 amide bonds. The van der Waals surface area contributed by atoms with Crippen molar-refractivity contribution < 1.29 is 0 Å². The van der Waals surface area contributed by atoms with Gasteiger partial charge >= 0.3 is 0 Å². The molecule has 0 radical (unpaired) electrons. The van der Waals surface area contributed by atoms with Crippen molar-refractivity contribution >= 4 is 43.4 Å². The second kappa shape index (κ2) is 4.50. The maximum Gasteiger partial charge on any atom is 0.0712 e. The van der Waals surface area contributed by atoms with Gasteiger partial charge in [-0.05, 0) is 45.8 Å². The minimum atomic E-state index is 1.22. The molecular formula is C21H16N2. The molecule has 0 saturated carbocycles. The molecule has 0 aliphatic rings. The molecule has 5 aromatic rings. The lowest BCUT2D eigenvalue weighted by Crippen LogP contribution is -2.07. The van der Waals surface area contributed by atoms with Gasteiger partial charge in [-0.3, -0.25) is 4.68 Å². The maximum atomic E-state index is 3.34. The smallest absolute Gasteiger partial charge is 0.0712 e. The van der Waals surface area contributed by atoms with Crippen LogP contribution in [0.3, 0.4) is 0 Å². The summed E-state index contributed by atoms with van der Waals surface area (Å²) in [5, 5.41) is 7.68. The van der Waals surface area contributed by atoms with Crippen LogP contribution in [-0.2, 0) is 0 Å². The Hall–Kier alpha value is -3.00. The van der Waals surface area contributed by atoms with E-state index in [1.165, 1.54) is 43.4 Å². The van der Waals surface area contributed by atoms with Crippen LogP contribution in [0.1, 0.15) is 0 Å². The molecule has 23 heavy (non-hydrogen) atoms. The molecule has 0 atom stereocenters. The lowest BCUT2D eigenvalue weighted by Gasteiger charge is -2.06. The second-order valence-electron chi connectivity index (χ2n) is 5.99. The average Bonchev–Trinajstić information content (AvgIpc) is 2.89. The molecular weight excluding hydrogens is 280 g/mol. The minimum absolute atomic E-state index is 1.22. The Balaban J connectivity index is 2.05. The highest BCUT2D eigenvalue weighted by Crippen LogP contribution is 2.34. The zero-order valence-corrected chi connectivity index (χ0v) is 12.9. The third-order valence-electron chi connectivity index (χ3n) is 4.72. The first-order valence-corrected chi connectivity index (χ1v) is 7.88. The predicted octanol–water partition coefficient (Wildman–Crippen LogP) is 5.27. The molecule has 0 aliphatic heterocycles. The van der Waals surface area contributed by atoms with Crippen molar-refractivity contribution in [1.29, 1.82) is 0 Å². The number of hydrogen-bond donors (Lipinski definition) is 1. The normalized spacial score (nSPS) is 11.7. The summed E-state index contributed by atoms with van der Waals surface area (Å²) in [6.45, 7) is 0. The van der Waals surface area contributed by atoms with E-state index in [2.05, 4.69) is 82.9 Å². The molecule has 5 rings (SSSR count). The molecule has 4 aromatic carbocycles. The van der Waals surface area contributed by atoms with Crippen molar-refractivity contribution in [2.45, 2.75) is 0 Å². The lowest BCUT2D eigenvalue weighted by atomic mass is 10.0. The van der Waals surface area contributed by atoms with Crippen LogP contribution in [0.2, 0.25) is 0 Å². The van der Waals surface area contributed by atoms with E-state index < -0.39 is 0 Å². The molecule has 2 heteroatoms. The van der Waals surface area contributed by atoms with E-state index in [-0.39, 0.29) is 0 Å². The van der Waals surface area contributed by atoms with Gasteiger partial charge in [-0.2, -0.15) is 0 Å². The van der Waals surface area contributed by atoms with Gasteiger partial charge in [-0.1, -0.05) is 48.5 Å². The number of aromatic nitrogens is 1. The van der Waals surface area contributed by atoms with Gasteiger partial charge < -0.3 is 5.43 Å². The molecule has 0 spiro atoms. The Bertz CT molecular complexity index is 1110. The van der Waals surface area contributed by atoms with Gasteiger partial charge in [0.25, 0.3) is 0 Å². The lowest BCUT2D eigenvalue weighted by molar-refractivity contribution is 1.02. The van der Waals surface area contributed by atoms with Crippen LogP contribution in [0, 0.1) is 0 Å². The van der Waals surface area contributed by atoms with E-state index in [1.54, 1.807) is 0 Å². The third kappa shape index (κ3) is 1.69. The van der Waals surface area contributed by atoms with Gasteiger partial charge in [0.1, 0.15) is 0 Å². The molecule has 2 nitrogen and oxygen atoms in total. The van der Waals surface area contributed by atoms with Crippen LogP contribution in [-0.4, -0.2) is 11.7 Å². The Morgan fingerprint density at radius 1 is 0.609 bits per heavy atom. The number of nitrogens with one attached hydrogen (secondary N) is 1. The van der Waals surface area contributed by atoms with Gasteiger partial charge in [0.05, 0.1) is 11.0 Å². The summed E-state index contributed by atoms with van der Waals surface area (Å²) in [4.78, 5) is 0. The van der Waals surface area contributed by atoms with Crippen LogP contribution in [0.5, 0.6) is 0 Å². The first-order valence-electron chi connectivity index (χ1n) is 7.88. The Labute approximate surface area is 133 Å². The molecule has 0 unspecified atom stereocenters. The fraction of sp³-hybridized carbons (Fsp3) is 0.0476. The van der Waals surface area contributed by atoms with Crippen LogP contribution < -0.4 is 5.43 Å². The second-order valence-corrected chi connectivity index (χ2v) is 5.99. The first-order chi connectivity index (χ1) is 11.3. The van der Waals surface area contributed by atoms with Gasteiger partial charge in [-0.25, -0.2) is 0 Å². The zero-order valence-electron chi connectivity index (χ0n) is 12.9. The van der Waals surface area contributed by atoms with Gasteiger partial charge in [-0.15, -0.1) is 0 Å². The van der Waals surface area contributed by atoms with E-state index in [4.69, 9.17) is 0 Å². The fourth-order valence-corrected chi connectivity index (χ4v) is 3.63. The van der Waals surface area contributed by atoms with E-state index >= 15 is 0 Å². The van der Waals surface area contributed by atoms with Crippen LogP contribution in [0.4, 0.5) is 0 Å².